The summed E-state index contributed by atoms with van der Waals surface area (Å²) in [6.07, 6.45) is 1.28. The van der Waals surface area contributed by atoms with Gasteiger partial charge in [0, 0.05) is 29.7 Å². The second kappa shape index (κ2) is 12.4. The Morgan fingerprint density at radius 1 is 1.09 bits per heavy atom. The average Bonchev–Trinajstić information content (AvgIpc) is 3.60. The summed E-state index contributed by atoms with van der Waals surface area (Å²) in [6.45, 7) is 2.89. The number of amides is 2. The highest BCUT2D eigenvalue weighted by atomic mass is 32.3. The lowest BCUT2D eigenvalue weighted by molar-refractivity contribution is -0.144. The Morgan fingerprint density at radius 3 is 2.61 bits per heavy atom. The van der Waals surface area contributed by atoms with Gasteiger partial charge in [-0.25, -0.2) is 4.68 Å². The van der Waals surface area contributed by atoms with Gasteiger partial charge in [0.15, 0.2) is 11.5 Å². The van der Waals surface area contributed by atoms with E-state index in [0.29, 0.717) is 66.0 Å². The predicted octanol–water partition coefficient (Wildman–Crippen LogP) is 5.33. The van der Waals surface area contributed by atoms with Crippen molar-refractivity contribution in [2.45, 2.75) is 44.4 Å². The number of ether oxygens (including phenoxy) is 3. The number of aromatic nitrogens is 2. The Bertz CT molecular complexity index is 1780. The minimum Gasteiger partial charge on any atom is -0.486 e. The van der Waals surface area contributed by atoms with E-state index in [-0.39, 0.29) is 23.5 Å². The molecule has 1 aromatic heterocycles. The number of halogens is 2. The first kappa shape index (κ1) is 31.6. The first-order chi connectivity index (χ1) is 21.9. The third-order valence-corrected chi connectivity index (χ3v) is 9.68. The van der Waals surface area contributed by atoms with Gasteiger partial charge in [-0.3, -0.25) is 18.7 Å². The smallest absolute Gasteiger partial charge is 0.321 e. The monoisotopic (exact) mass is 656 g/mol. The number of hydrogen-bond acceptors (Lipinski definition) is 8. The summed E-state index contributed by atoms with van der Waals surface area (Å²) in [5.41, 5.74) is 2.35. The Balaban J connectivity index is 1.24. The zero-order chi connectivity index (χ0) is 32.6. The largest absolute Gasteiger partial charge is 0.486 e. The summed E-state index contributed by atoms with van der Waals surface area (Å²) in [4.78, 5) is 25.1. The van der Waals surface area contributed by atoms with Crippen LogP contribution in [0, 0.1) is 0 Å². The molecule has 2 amide bonds. The number of carbonyl (C=O) groups is 2. The van der Waals surface area contributed by atoms with Gasteiger partial charge in [0.05, 0.1) is 29.2 Å². The maximum Gasteiger partial charge on any atom is 0.321 e. The fraction of sp³-hybridized carbons (Fsp3) is 0.344. The molecule has 3 aromatic carbocycles. The highest BCUT2D eigenvalue weighted by molar-refractivity contribution is 8.24. The Kier molecular flexibility index (Phi) is 8.53. The molecule has 1 fully saturated rings. The van der Waals surface area contributed by atoms with Crippen LogP contribution in [0.3, 0.4) is 0 Å². The molecule has 2 aliphatic heterocycles. The van der Waals surface area contributed by atoms with Crippen LogP contribution in [0.2, 0.25) is 0 Å². The van der Waals surface area contributed by atoms with Gasteiger partial charge in [0.1, 0.15) is 25.1 Å². The number of carbonyl (C=O) groups excluding carboxylic acids is 2. The molecule has 6 rings (SSSR count). The molecule has 3 heterocycles. The van der Waals surface area contributed by atoms with E-state index in [9.17, 15) is 27.5 Å². The van der Waals surface area contributed by atoms with Crippen LogP contribution in [0.5, 0.6) is 17.2 Å². The number of fused-ring (bicyclic) bond motifs is 2. The minimum absolute atomic E-state index is 0.151. The van der Waals surface area contributed by atoms with Crippen molar-refractivity contribution in [3.05, 3.63) is 78.0 Å². The second-order valence-corrected chi connectivity index (χ2v) is 13.9. The van der Waals surface area contributed by atoms with Crippen LogP contribution >= 0.6 is 10.6 Å². The highest BCUT2D eigenvalue weighted by Crippen LogP contribution is 2.45. The normalized spacial score (nSPS) is 19.2. The molecule has 11 nitrogen and oxygen atoms in total. The molecule has 4 aromatic rings. The fourth-order valence-corrected chi connectivity index (χ4v) is 7.25. The topological polar surface area (TPSA) is 144 Å². The van der Waals surface area contributed by atoms with Gasteiger partial charge in [-0.05, 0) is 67.4 Å². The van der Waals surface area contributed by atoms with E-state index < -0.39 is 34.6 Å². The summed E-state index contributed by atoms with van der Waals surface area (Å²) in [6, 6.07) is 16.2. The molecule has 244 valence electrons. The quantitative estimate of drug-likeness (QED) is 0.189. The van der Waals surface area contributed by atoms with Crippen LogP contribution in [0.15, 0.2) is 66.9 Å². The lowest BCUT2D eigenvalue weighted by Gasteiger charge is -2.28. The molecule has 46 heavy (non-hydrogen) atoms. The van der Waals surface area contributed by atoms with Crippen molar-refractivity contribution in [3.63, 3.8) is 0 Å². The summed E-state index contributed by atoms with van der Waals surface area (Å²) in [5.74, 6) is -3.42. The molecule has 3 atom stereocenters. The number of rotatable bonds is 9. The van der Waals surface area contributed by atoms with E-state index in [1.165, 1.54) is 0 Å². The number of nitrogens with one attached hydrogen (secondary N) is 2. The number of nitrogens with zero attached hydrogens (tertiary/aromatic N) is 2. The SMILES string of the molecule is C[C@H](NC(=O)C(C)(F)F)[C@H](Oc1ccc2c(cnn2-c2cccc(C(=O)NC3CCS(O)(O)C3)c2)c1)c1ccc2c(c1)OCCO2. The standard InChI is InChI=1S/C32H34F2N4O7S/c1-19(36-31(40)32(2,33)34)29(20-6-9-27-28(16-20)44-12-11-43-27)45-25-7-8-26-22(15-25)17-35-38(26)24-5-3-4-21(14-24)30(39)37-23-10-13-46(41,42)18-23/h3-9,14-17,19,23,29,41-42H,10-13,18H2,1-2H3,(H,36,40)(H,37,39)/t19-,23?,29-/m0/s1. The van der Waals surface area contributed by atoms with Crippen molar-refractivity contribution in [1.82, 2.24) is 20.4 Å². The molecule has 2 aliphatic rings. The zero-order valence-electron chi connectivity index (χ0n) is 25.1. The van der Waals surface area contributed by atoms with Crippen molar-refractivity contribution in [2.24, 2.45) is 0 Å². The van der Waals surface area contributed by atoms with E-state index in [1.54, 1.807) is 72.4 Å². The molecule has 0 spiro atoms. The van der Waals surface area contributed by atoms with Crippen LogP contribution in [0.1, 0.15) is 42.3 Å². The molecular formula is C32H34F2N4O7S. The summed E-state index contributed by atoms with van der Waals surface area (Å²) in [7, 11) is -2.64. The van der Waals surface area contributed by atoms with Crippen molar-refractivity contribution < 1.29 is 41.7 Å². The molecule has 0 aliphatic carbocycles. The first-order valence-electron chi connectivity index (χ1n) is 14.7. The third-order valence-electron chi connectivity index (χ3n) is 7.86. The molecule has 1 saturated heterocycles. The highest BCUT2D eigenvalue weighted by Gasteiger charge is 2.35. The second-order valence-electron chi connectivity index (χ2n) is 11.6. The van der Waals surface area contributed by atoms with Crippen LogP contribution in [-0.2, 0) is 4.79 Å². The average molecular weight is 657 g/mol. The Hall–Kier alpha value is -4.40. The molecule has 0 saturated carbocycles. The Labute approximate surface area is 265 Å². The molecule has 14 heteroatoms. The maximum atomic E-state index is 13.8. The molecule has 0 bridgehead atoms. The summed E-state index contributed by atoms with van der Waals surface area (Å²) < 4.78 is 66.6. The predicted molar refractivity (Wildman–Crippen MR) is 169 cm³/mol. The number of alkyl halides is 2. The van der Waals surface area contributed by atoms with Crippen molar-refractivity contribution in [3.8, 4) is 22.9 Å². The molecule has 1 unspecified atom stereocenters. The van der Waals surface area contributed by atoms with Gasteiger partial charge in [0.25, 0.3) is 11.8 Å². The molecule has 0 radical (unpaired) electrons. The summed E-state index contributed by atoms with van der Waals surface area (Å²) in [5, 5.41) is 10.5. The summed E-state index contributed by atoms with van der Waals surface area (Å²) >= 11 is 0. The van der Waals surface area contributed by atoms with Crippen LogP contribution in [-0.4, -0.2) is 73.4 Å². The van der Waals surface area contributed by atoms with E-state index in [1.807, 2.05) is 6.07 Å². The van der Waals surface area contributed by atoms with E-state index >= 15 is 0 Å². The number of hydrogen-bond donors (Lipinski definition) is 4. The van der Waals surface area contributed by atoms with Gasteiger partial charge in [-0.15, -0.1) is 0 Å². The van der Waals surface area contributed by atoms with Gasteiger partial charge >= 0.3 is 5.92 Å². The van der Waals surface area contributed by atoms with E-state index in [4.69, 9.17) is 14.2 Å². The van der Waals surface area contributed by atoms with Crippen LogP contribution in [0.4, 0.5) is 8.78 Å². The minimum atomic E-state index is -3.57. The Morgan fingerprint density at radius 2 is 1.87 bits per heavy atom. The molecule has 4 N–H and O–H groups in total. The van der Waals surface area contributed by atoms with Crippen LogP contribution < -0.4 is 24.8 Å². The molecular weight excluding hydrogens is 622 g/mol. The first-order valence-corrected chi connectivity index (χ1v) is 16.6. The fourth-order valence-electron chi connectivity index (χ4n) is 5.52. The van der Waals surface area contributed by atoms with Crippen molar-refractivity contribution >= 4 is 33.3 Å². The van der Waals surface area contributed by atoms with Crippen molar-refractivity contribution in [2.75, 3.05) is 24.7 Å². The lowest BCUT2D eigenvalue weighted by atomic mass is 10.0. The zero-order valence-corrected chi connectivity index (χ0v) is 25.9. The van der Waals surface area contributed by atoms with Gasteiger partial charge in [-0.1, -0.05) is 12.1 Å². The third kappa shape index (κ3) is 6.88. The van der Waals surface area contributed by atoms with Crippen LogP contribution in [0.25, 0.3) is 16.6 Å². The van der Waals surface area contributed by atoms with E-state index in [2.05, 4.69) is 15.7 Å². The maximum absolute atomic E-state index is 13.8. The van der Waals surface area contributed by atoms with Gasteiger partial charge < -0.3 is 24.8 Å². The van der Waals surface area contributed by atoms with E-state index in [0.717, 1.165) is 5.52 Å². The van der Waals surface area contributed by atoms with Crippen molar-refractivity contribution in [1.29, 1.82) is 0 Å². The number of benzene rings is 3. The lowest BCUT2D eigenvalue weighted by Crippen LogP contribution is -2.46. The van der Waals surface area contributed by atoms with Gasteiger partial charge in [0.2, 0.25) is 0 Å². The van der Waals surface area contributed by atoms with Gasteiger partial charge in [-0.2, -0.15) is 24.5 Å².